The van der Waals surface area contributed by atoms with E-state index < -0.39 is 17.4 Å². The van der Waals surface area contributed by atoms with Crippen molar-refractivity contribution in [3.63, 3.8) is 0 Å². The summed E-state index contributed by atoms with van der Waals surface area (Å²) in [5, 5.41) is 2.00. The summed E-state index contributed by atoms with van der Waals surface area (Å²) < 4.78 is 11.5. The van der Waals surface area contributed by atoms with Crippen LogP contribution in [0.4, 0.5) is 0 Å². The molecule has 0 saturated carbocycles. The number of carbonyl (C=O) groups excluding carboxylic acids is 2. The van der Waals surface area contributed by atoms with Crippen LogP contribution in [-0.4, -0.2) is 41.6 Å². The summed E-state index contributed by atoms with van der Waals surface area (Å²) in [6, 6.07) is 4.00. The molecule has 3 aliphatic heterocycles. The Bertz CT molecular complexity index is 683. The van der Waals surface area contributed by atoms with Crippen LogP contribution in [0.3, 0.4) is 0 Å². The molecule has 1 aromatic rings. The molecule has 1 aromatic heterocycles. The van der Waals surface area contributed by atoms with Gasteiger partial charge in [-0.3, -0.25) is 9.59 Å². The first kappa shape index (κ1) is 15.8. The van der Waals surface area contributed by atoms with Gasteiger partial charge in [-0.1, -0.05) is 32.1 Å². The molecule has 1 spiro atoms. The van der Waals surface area contributed by atoms with Gasteiger partial charge in [-0.05, 0) is 17.4 Å². The fraction of sp³-hybridized carbons (Fsp3) is 0.556. The van der Waals surface area contributed by atoms with E-state index in [1.807, 2.05) is 48.4 Å². The molecular formula is C18H21NO4S. The van der Waals surface area contributed by atoms with Crippen molar-refractivity contribution < 1.29 is 19.1 Å². The number of fused-ring (bicyclic) bond motifs is 1. The largest absolute Gasteiger partial charge is 0.465 e. The van der Waals surface area contributed by atoms with Gasteiger partial charge in [0, 0.05) is 4.88 Å². The molecule has 2 bridgehead atoms. The molecular weight excluding hydrogens is 326 g/mol. The smallest absolute Gasteiger partial charge is 0.312 e. The van der Waals surface area contributed by atoms with Crippen LogP contribution in [0.1, 0.15) is 18.7 Å². The van der Waals surface area contributed by atoms with E-state index in [1.54, 1.807) is 11.3 Å². The number of ether oxygens (including phenoxy) is 2. The second kappa shape index (κ2) is 5.70. The van der Waals surface area contributed by atoms with Crippen LogP contribution >= 0.6 is 11.3 Å². The Hall–Kier alpha value is -1.66. The lowest BCUT2D eigenvalue weighted by Gasteiger charge is -2.23. The van der Waals surface area contributed by atoms with Crippen LogP contribution in [0.2, 0.25) is 0 Å². The first-order chi connectivity index (χ1) is 11.5. The molecule has 4 rings (SSSR count). The first-order valence-corrected chi connectivity index (χ1v) is 9.23. The van der Waals surface area contributed by atoms with Crippen molar-refractivity contribution in [3.05, 3.63) is 34.5 Å². The van der Waals surface area contributed by atoms with E-state index in [2.05, 4.69) is 0 Å². The predicted octanol–water partition coefficient (Wildman–Crippen LogP) is 2.23. The van der Waals surface area contributed by atoms with Gasteiger partial charge in [0.2, 0.25) is 5.91 Å². The molecule has 0 N–H and O–H groups in total. The molecule has 0 unspecified atom stereocenters. The van der Waals surface area contributed by atoms with Gasteiger partial charge in [-0.2, -0.15) is 0 Å². The van der Waals surface area contributed by atoms with Gasteiger partial charge in [0.1, 0.15) is 11.5 Å². The number of nitrogens with zero attached hydrogens (tertiary/aromatic N) is 1. The zero-order chi connectivity index (χ0) is 16.9. The highest BCUT2D eigenvalue weighted by atomic mass is 32.1. The number of hydrogen-bond acceptors (Lipinski definition) is 5. The quantitative estimate of drug-likeness (QED) is 0.605. The molecule has 3 aliphatic rings. The zero-order valence-electron chi connectivity index (χ0n) is 13.8. The Labute approximate surface area is 145 Å². The molecule has 1 amide bonds. The van der Waals surface area contributed by atoms with E-state index >= 15 is 0 Å². The van der Waals surface area contributed by atoms with E-state index in [-0.39, 0.29) is 23.9 Å². The molecule has 4 heterocycles. The lowest BCUT2D eigenvalue weighted by atomic mass is 9.77. The average Bonchev–Trinajstić information content (AvgIpc) is 3.28. The maximum atomic E-state index is 13.0. The molecule has 0 radical (unpaired) electrons. The van der Waals surface area contributed by atoms with Crippen molar-refractivity contribution in [1.29, 1.82) is 0 Å². The molecule has 6 heteroatoms. The van der Waals surface area contributed by atoms with Gasteiger partial charge in [0.25, 0.3) is 0 Å². The monoisotopic (exact) mass is 347 g/mol. The maximum absolute atomic E-state index is 13.0. The van der Waals surface area contributed by atoms with Gasteiger partial charge in [0.15, 0.2) is 0 Å². The summed E-state index contributed by atoms with van der Waals surface area (Å²) in [4.78, 5) is 28.5. The zero-order valence-corrected chi connectivity index (χ0v) is 14.6. The van der Waals surface area contributed by atoms with E-state index in [1.165, 1.54) is 0 Å². The third-order valence-corrected chi connectivity index (χ3v) is 5.80. The minimum atomic E-state index is -0.652. The number of rotatable bonds is 5. The highest BCUT2D eigenvalue weighted by molar-refractivity contribution is 7.09. The lowest BCUT2D eigenvalue weighted by Crippen LogP contribution is -2.40. The van der Waals surface area contributed by atoms with E-state index in [0.717, 1.165) is 4.88 Å². The fourth-order valence-corrected chi connectivity index (χ4v) is 4.64. The predicted molar refractivity (Wildman–Crippen MR) is 89.3 cm³/mol. The van der Waals surface area contributed by atoms with Gasteiger partial charge < -0.3 is 14.4 Å². The number of thiophene rings is 1. The summed E-state index contributed by atoms with van der Waals surface area (Å²) in [6.45, 7) is 5.45. The molecule has 2 fully saturated rings. The Kier molecular flexibility index (Phi) is 3.77. The Morgan fingerprint density at radius 3 is 3.08 bits per heavy atom. The van der Waals surface area contributed by atoms with E-state index in [9.17, 15) is 9.59 Å². The average molecular weight is 347 g/mol. The summed E-state index contributed by atoms with van der Waals surface area (Å²) in [5.74, 6) is -1.01. The summed E-state index contributed by atoms with van der Waals surface area (Å²) in [5.41, 5.74) is -0.652. The van der Waals surface area contributed by atoms with Crippen LogP contribution in [0, 0.1) is 17.8 Å². The van der Waals surface area contributed by atoms with Gasteiger partial charge in [0.05, 0.1) is 31.7 Å². The molecule has 4 atom stereocenters. The van der Waals surface area contributed by atoms with E-state index in [4.69, 9.17) is 9.47 Å². The third kappa shape index (κ3) is 2.40. The van der Waals surface area contributed by atoms with Crippen molar-refractivity contribution in [2.24, 2.45) is 17.8 Å². The van der Waals surface area contributed by atoms with E-state index in [0.29, 0.717) is 19.7 Å². The third-order valence-electron chi connectivity index (χ3n) is 4.94. The molecule has 24 heavy (non-hydrogen) atoms. The molecule has 0 aliphatic carbocycles. The van der Waals surface area contributed by atoms with Crippen LogP contribution in [-0.2, 0) is 25.6 Å². The van der Waals surface area contributed by atoms with Crippen molar-refractivity contribution in [2.45, 2.75) is 32.1 Å². The Morgan fingerprint density at radius 2 is 2.38 bits per heavy atom. The number of carbonyl (C=O) groups is 2. The minimum absolute atomic E-state index is 0.00162. The minimum Gasteiger partial charge on any atom is -0.465 e. The standard InChI is InChI=1S/C18H21NO4S/c1-11(2)9-22-17(21)14-13-5-6-18(23-13)10-19(16(20)15(14)18)8-12-4-3-7-24-12/h3-7,11,13-15H,8-10H2,1-2H3/t13-,14-,15-,18+/m0/s1. The SMILES string of the molecule is CC(C)COC(=O)[C@H]1[C@@H]2C=C[C@]3(CN(Cc4cccs4)C(=O)[C@H]13)O2. The topological polar surface area (TPSA) is 55.8 Å². The molecule has 0 aromatic carbocycles. The van der Waals surface area contributed by atoms with Gasteiger partial charge in [-0.25, -0.2) is 0 Å². The fourth-order valence-electron chi connectivity index (χ4n) is 3.92. The summed E-state index contributed by atoms with van der Waals surface area (Å²) in [6.07, 6.45) is 3.56. The second-order valence-corrected chi connectivity index (χ2v) is 8.23. The number of esters is 1. The van der Waals surface area contributed by atoms with Gasteiger partial charge >= 0.3 is 5.97 Å². The molecule has 5 nitrogen and oxygen atoms in total. The van der Waals surface area contributed by atoms with Crippen molar-refractivity contribution in [2.75, 3.05) is 13.2 Å². The summed E-state index contributed by atoms with van der Waals surface area (Å²) in [7, 11) is 0. The number of amides is 1. The number of hydrogen-bond donors (Lipinski definition) is 0. The Morgan fingerprint density at radius 1 is 1.54 bits per heavy atom. The van der Waals surface area contributed by atoms with Crippen LogP contribution in [0.15, 0.2) is 29.7 Å². The normalized spacial score (nSPS) is 33.5. The van der Waals surface area contributed by atoms with Crippen molar-refractivity contribution >= 4 is 23.2 Å². The van der Waals surface area contributed by atoms with Gasteiger partial charge in [-0.15, -0.1) is 11.3 Å². The van der Waals surface area contributed by atoms with Crippen molar-refractivity contribution in [1.82, 2.24) is 4.90 Å². The molecule has 2 saturated heterocycles. The molecule has 128 valence electrons. The number of likely N-dealkylation sites (tertiary alicyclic amines) is 1. The van der Waals surface area contributed by atoms with Crippen LogP contribution in [0.5, 0.6) is 0 Å². The van der Waals surface area contributed by atoms with Crippen LogP contribution in [0.25, 0.3) is 0 Å². The second-order valence-electron chi connectivity index (χ2n) is 7.20. The first-order valence-electron chi connectivity index (χ1n) is 8.35. The lowest BCUT2D eigenvalue weighted by molar-refractivity contribution is -0.154. The highest BCUT2D eigenvalue weighted by Gasteiger charge is 2.67. The maximum Gasteiger partial charge on any atom is 0.312 e. The van der Waals surface area contributed by atoms with Crippen LogP contribution < -0.4 is 0 Å². The summed E-state index contributed by atoms with van der Waals surface area (Å²) >= 11 is 1.63. The Balaban J connectivity index is 1.54. The highest BCUT2D eigenvalue weighted by Crippen LogP contribution is 2.52. The van der Waals surface area contributed by atoms with Crippen molar-refractivity contribution in [3.8, 4) is 0 Å².